The van der Waals surface area contributed by atoms with Crippen LogP contribution in [0, 0.1) is 11.2 Å². The molecule has 0 aliphatic carbocycles. The van der Waals surface area contributed by atoms with Crippen LogP contribution in [0.3, 0.4) is 0 Å². The van der Waals surface area contributed by atoms with Gasteiger partial charge >= 0.3 is 0 Å². The molecule has 0 unspecified atom stereocenters. The molecule has 12 heteroatoms. The minimum Gasteiger partial charge on any atom is -0.369 e. The first kappa shape index (κ1) is 17.6. The summed E-state index contributed by atoms with van der Waals surface area (Å²) in [6.45, 7) is 0. The van der Waals surface area contributed by atoms with E-state index in [1.165, 1.54) is 23.8 Å². The third kappa shape index (κ3) is 4.63. The lowest BCUT2D eigenvalue weighted by molar-refractivity contribution is -0.121. The molecule has 6 N–H and O–H groups in total. The van der Waals surface area contributed by atoms with Crippen molar-refractivity contribution in [1.29, 1.82) is 5.41 Å². The van der Waals surface area contributed by atoms with Gasteiger partial charge in [-0.1, -0.05) is 6.07 Å². The Balaban J connectivity index is 2.11. The monoisotopic (exact) mass is 372 g/mol. The number of benzene rings is 1. The molecule has 0 saturated heterocycles. The molecule has 128 valence electrons. The van der Waals surface area contributed by atoms with Gasteiger partial charge in [-0.15, -0.1) is 11.3 Å². The first-order chi connectivity index (χ1) is 11.3. The van der Waals surface area contributed by atoms with E-state index in [9.17, 15) is 17.6 Å². The first-order valence-electron chi connectivity index (χ1n) is 6.36. The number of anilines is 1. The van der Waals surface area contributed by atoms with E-state index < -0.39 is 27.7 Å². The molecule has 0 bridgehead atoms. The molecule has 0 aliphatic rings. The lowest BCUT2D eigenvalue weighted by atomic mass is 10.1. The van der Waals surface area contributed by atoms with Crippen LogP contribution in [0.2, 0.25) is 0 Å². The number of carbonyl (C=O) groups excluding carboxylic acids is 1. The maximum absolute atomic E-state index is 14.0. The van der Waals surface area contributed by atoms with Crippen LogP contribution in [0.1, 0.15) is 5.56 Å². The summed E-state index contributed by atoms with van der Waals surface area (Å²) in [5, 5.41) is 7.19. The molecule has 0 saturated carbocycles. The predicted molar refractivity (Wildman–Crippen MR) is 86.2 cm³/mol. The van der Waals surface area contributed by atoms with Gasteiger partial charge < -0.3 is 5.73 Å². The van der Waals surface area contributed by atoms with Crippen molar-refractivity contribution in [2.24, 2.45) is 5.73 Å². The number of hydrazine groups is 1. The van der Waals surface area contributed by atoms with E-state index in [1.807, 2.05) is 0 Å². The molecule has 1 amide bonds. The molecule has 2 rings (SSSR count). The summed E-state index contributed by atoms with van der Waals surface area (Å²) in [6.07, 6.45) is 0.980. The van der Waals surface area contributed by atoms with Crippen molar-refractivity contribution in [2.75, 3.05) is 4.72 Å². The Morgan fingerprint density at radius 2 is 2.12 bits per heavy atom. The molecule has 0 spiro atoms. The zero-order valence-corrected chi connectivity index (χ0v) is 13.7. The molecular weight excluding hydrogens is 359 g/mol. The van der Waals surface area contributed by atoms with Gasteiger partial charge in [0.1, 0.15) is 10.8 Å². The van der Waals surface area contributed by atoms with Crippen LogP contribution < -0.4 is 21.3 Å². The number of nitrogens with two attached hydrogens (primary N) is 1. The number of rotatable bonds is 5. The number of hydrogen-bond donors (Lipinski definition) is 5. The summed E-state index contributed by atoms with van der Waals surface area (Å²) in [6, 6.07) is 3.21. The summed E-state index contributed by atoms with van der Waals surface area (Å²) in [4.78, 5) is 15.0. The lowest BCUT2D eigenvalue weighted by Gasteiger charge is -2.09. The Labute approximate surface area is 140 Å². The number of nitrogens with one attached hydrogen (secondary N) is 4. The van der Waals surface area contributed by atoms with Crippen LogP contribution in [0.15, 0.2) is 34.8 Å². The average molecular weight is 372 g/mol. The maximum Gasteiger partial charge on any atom is 0.262 e. The highest BCUT2D eigenvalue weighted by atomic mass is 32.2. The highest BCUT2D eigenvalue weighted by Gasteiger charge is 2.18. The van der Waals surface area contributed by atoms with Crippen LogP contribution in [0.25, 0.3) is 0 Å². The van der Waals surface area contributed by atoms with Crippen LogP contribution >= 0.6 is 11.3 Å². The van der Waals surface area contributed by atoms with Crippen LogP contribution in [0.5, 0.6) is 0 Å². The molecule has 24 heavy (non-hydrogen) atoms. The second kappa shape index (κ2) is 7.23. The smallest absolute Gasteiger partial charge is 0.262 e. The Hall–Kier alpha value is -2.73. The average Bonchev–Trinajstić information content (AvgIpc) is 2.99. The van der Waals surface area contributed by atoms with E-state index >= 15 is 0 Å². The Kier molecular flexibility index (Phi) is 5.31. The fourth-order valence-electron chi connectivity index (χ4n) is 1.65. The Morgan fingerprint density at radius 1 is 1.38 bits per heavy atom. The van der Waals surface area contributed by atoms with E-state index in [-0.39, 0.29) is 16.9 Å². The SMILES string of the molecule is N=C(N)NNC(=O)Cc1ccc(S(=O)(=O)Nc2cncs2)cc1F. The van der Waals surface area contributed by atoms with Gasteiger partial charge in [-0.25, -0.2) is 12.8 Å². The third-order valence-corrected chi connectivity index (χ3v) is 4.87. The summed E-state index contributed by atoms with van der Waals surface area (Å²) in [5.41, 5.74) is 10.6. The van der Waals surface area contributed by atoms with E-state index in [1.54, 1.807) is 0 Å². The molecule has 0 fully saturated rings. The fourth-order valence-corrected chi connectivity index (χ4v) is 3.47. The van der Waals surface area contributed by atoms with Crippen molar-refractivity contribution in [3.63, 3.8) is 0 Å². The van der Waals surface area contributed by atoms with Crippen molar-refractivity contribution in [3.8, 4) is 0 Å². The van der Waals surface area contributed by atoms with Crippen molar-refractivity contribution >= 4 is 38.2 Å². The number of guanidine groups is 1. The van der Waals surface area contributed by atoms with Crippen molar-refractivity contribution in [2.45, 2.75) is 11.3 Å². The van der Waals surface area contributed by atoms with E-state index in [2.05, 4.69) is 20.6 Å². The summed E-state index contributed by atoms with van der Waals surface area (Å²) in [7, 11) is -3.95. The zero-order chi connectivity index (χ0) is 17.7. The number of hydrogen-bond acceptors (Lipinski definition) is 6. The highest BCUT2D eigenvalue weighted by Crippen LogP contribution is 2.21. The van der Waals surface area contributed by atoms with Gasteiger partial charge in [0.05, 0.1) is 23.0 Å². The van der Waals surface area contributed by atoms with Gasteiger partial charge in [-0.3, -0.25) is 30.8 Å². The van der Waals surface area contributed by atoms with Gasteiger partial charge in [0.2, 0.25) is 11.9 Å². The number of halogens is 1. The lowest BCUT2D eigenvalue weighted by Crippen LogP contribution is -2.45. The first-order valence-corrected chi connectivity index (χ1v) is 8.73. The molecule has 2 aromatic rings. The number of aromatic nitrogens is 1. The van der Waals surface area contributed by atoms with Crippen molar-refractivity contribution < 1.29 is 17.6 Å². The molecule has 0 atom stereocenters. The van der Waals surface area contributed by atoms with E-state index in [0.717, 1.165) is 17.4 Å². The predicted octanol–water partition coefficient (Wildman–Crippen LogP) is 0.140. The molecular formula is C12H13FN6O3S2. The highest BCUT2D eigenvalue weighted by molar-refractivity contribution is 7.93. The van der Waals surface area contributed by atoms with Gasteiger partial charge in [0.25, 0.3) is 10.0 Å². The number of carbonyl (C=O) groups is 1. The van der Waals surface area contributed by atoms with Crippen molar-refractivity contribution in [1.82, 2.24) is 15.8 Å². The van der Waals surface area contributed by atoms with Crippen molar-refractivity contribution in [3.05, 3.63) is 41.3 Å². The maximum atomic E-state index is 14.0. The summed E-state index contributed by atoms with van der Waals surface area (Å²) >= 11 is 1.09. The number of amides is 1. The molecule has 1 heterocycles. The minimum absolute atomic E-state index is 0.00501. The molecule has 0 radical (unpaired) electrons. The second-order valence-corrected chi connectivity index (χ2v) is 7.06. The number of sulfonamides is 1. The summed E-state index contributed by atoms with van der Waals surface area (Å²) < 4.78 is 40.6. The van der Waals surface area contributed by atoms with Gasteiger partial charge in [-0.2, -0.15) is 0 Å². The fraction of sp³-hybridized carbons (Fsp3) is 0.0833. The molecule has 0 aliphatic heterocycles. The Bertz CT molecular complexity index is 854. The van der Waals surface area contributed by atoms with Gasteiger partial charge in [-0.05, 0) is 17.7 Å². The molecule has 9 nitrogen and oxygen atoms in total. The molecule has 1 aromatic carbocycles. The number of thiazole rings is 1. The van der Waals surface area contributed by atoms with Gasteiger partial charge in [0.15, 0.2) is 0 Å². The standard InChI is InChI=1S/C12H13FN6O3S2/c13-9-4-8(24(21,22)19-11-5-16-6-23-11)2-1-7(9)3-10(20)17-18-12(14)15/h1-2,4-6,19H,3H2,(H,17,20)(H4,14,15,18). The summed E-state index contributed by atoms with van der Waals surface area (Å²) in [5.74, 6) is -1.96. The third-order valence-electron chi connectivity index (χ3n) is 2.69. The normalized spacial score (nSPS) is 10.9. The largest absolute Gasteiger partial charge is 0.369 e. The topological polar surface area (TPSA) is 150 Å². The zero-order valence-electron chi connectivity index (χ0n) is 12.0. The van der Waals surface area contributed by atoms with Crippen LogP contribution in [0.4, 0.5) is 9.39 Å². The van der Waals surface area contributed by atoms with Gasteiger partial charge in [0, 0.05) is 0 Å². The second-order valence-electron chi connectivity index (χ2n) is 4.49. The minimum atomic E-state index is -3.95. The van der Waals surface area contributed by atoms with Crippen LogP contribution in [-0.4, -0.2) is 25.3 Å². The Morgan fingerprint density at radius 3 is 2.71 bits per heavy atom. The quantitative estimate of drug-likeness (QED) is 0.286. The van der Waals surface area contributed by atoms with Crippen LogP contribution in [-0.2, 0) is 21.2 Å². The number of nitrogens with zero attached hydrogens (tertiary/aromatic N) is 1. The molecule has 1 aromatic heterocycles. The van der Waals surface area contributed by atoms with E-state index in [4.69, 9.17) is 11.1 Å². The van der Waals surface area contributed by atoms with E-state index in [0.29, 0.717) is 5.00 Å².